The van der Waals surface area contributed by atoms with Crippen LogP contribution < -0.4 is 5.73 Å². The summed E-state index contributed by atoms with van der Waals surface area (Å²) in [7, 11) is -3.29. The van der Waals surface area contributed by atoms with Crippen molar-refractivity contribution in [2.75, 3.05) is 46.8 Å². The van der Waals surface area contributed by atoms with Gasteiger partial charge in [-0.2, -0.15) is 0 Å². The Kier molecular flexibility index (Phi) is 16.9. The van der Waals surface area contributed by atoms with Crippen LogP contribution in [0.1, 0.15) is 40.0 Å². The van der Waals surface area contributed by atoms with Crippen LogP contribution in [0.4, 0.5) is 4.20 Å². The van der Waals surface area contributed by atoms with Crippen molar-refractivity contribution >= 4 is 7.91 Å². The molecule has 0 aromatic heterocycles. The third-order valence-electron chi connectivity index (χ3n) is 3.39. The van der Waals surface area contributed by atoms with Crippen LogP contribution in [0.2, 0.25) is 0 Å². The second kappa shape index (κ2) is 15.4. The van der Waals surface area contributed by atoms with E-state index >= 15 is 0 Å². The molecule has 0 aliphatic heterocycles. The van der Waals surface area contributed by atoms with Gasteiger partial charge in [0.15, 0.2) is 0 Å². The molecule has 0 radical (unpaired) electrons. The van der Waals surface area contributed by atoms with Crippen molar-refractivity contribution in [1.29, 1.82) is 0 Å². The first-order valence-electron chi connectivity index (χ1n) is 7.85. The molecule has 0 spiro atoms. The zero-order chi connectivity index (χ0) is 18.2. The fraction of sp³-hybridized carbons (Fsp3) is 1.00. The summed E-state index contributed by atoms with van der Waals surface area (Å²) in [6.07, 6.45) is 3.29. The summed E-state index contributed by atoms with van der Waals surface area (Å²) in [6, 6.07) is 0. The summed E-state index contributed by atoms with van der Waals surface area (Å²) in [4.78, 5) is 8.09. The van der Waals surface area contributed by atoms with Crippen molar-refractivity contribution in [2.45, 2.75) is 45.6 Å². The SMILES string of the molecule is CCC(N)(CC)CC.COCCOCCOCCOP(=O)(O)F. The van der Waals surface area contributed by atoms with Crippen molar-refractivity contribution < 1.29 is 32.4 Å². The Morgan fingerprint density at radius 3 is 1.65 bits per heavy atom. The number of hydrogen-bond donors (Lipinski definition) is 2. The van der Waals surface area contributed by atoms with Gasteiger partial charge in [0.2, 0.25) is 0 Å². The summed E-state index contributed by atoms with van der Waals surface area (Å²) in [5.74, 6) is 0. The maximum Gasteiger partial charge on any atom is 0.510 e. The van der Waals surface area contributed by atoms with Crippen LogP contribution in [-0.2, 0) is 23.3 Å². The summed E-state index contributed by atoms with van der Waals surface area (Å²) in [5.41, 5.74) is 6.02. The monoisotopic (exact) mass is 361 g/mol. The van der Waals surface area contributed by atoms with E-state index < -0.39 is 7.91 Å². The van der Waals surface area contributed by atoms with Crippen molar-refractivity contribution in [3.8, 4) is 0 Å². The minimum Gasteiger partial charge on any atom is -0.382 e. The first kappa shape index (κ1) is 25.2. The molecule has 1 unspecified atom stereocenters. The van der Waals surface area contributed by atoms with Crippen LogP contribution in [0.5, 0.6) is 0 Å². The second-order valence-corrected chi connectivity index (χ2v) is 6.09. The molecule has 1 atom stereocenters. The third-order valence-corrected chi connectivity index (χ3v) is 3.90. The lowest BCUT2D eigenvalue weighted by Crippen LogP contribution is -2.37. The molecule has 0 bridgehead atoms. The van der Waals surface area contributed by atoms with E-state index in [-0.39, 0.29) is 18.8 Å². The molecule has 3 N–H and O–H groups in total. The predicted octanol–water partition coefficient (Wildman–Crippen LogP) is 2.67. The normalized spacial score (nSPS) is 14.0. The van der Waals surface area contributed by atoms with Gasteiger partial charge in [-0.05, 0) is 19.3 Å². The molecule has 23 heavy (non-hydrogen) atoms. The van der Waals surface area contributed by atoms with Crippen LogP contribution in [0.25, 0.3) is 0 Å². The van der Waals surface area contributed by atoms with E-state index in [1.807, 2.05) is 0 Å². The molecule has 0 fully saturated rings. The highest BCUT2D eigenvalue weighted by atomic mass is 31.2. The van der Waals surface area contributed by atoms with E-state index in [1.165, 1.54) is 0 Å². The highest BCUT2D eigenvalue weighted by Gasteiger charge is 2.16. The van der Waals surface area contributed by atoms with Crippen LogP contribution in [0.3, 0.4) is 0 Å². The number of ether oxygens (including phenoxy) is 3. The number of rotatable bonds is 13. The van der Waals surface area contributed by atoms with Gasteiger partial charge in [-0.3, -0.25) is 9.42 Å². The van der Waals surface area contributed by atoms with E-state index in [9.17, 15) is 8.76 Å². The van der Waals surface area contributed by atoms with E-state index in [0.717, 1.165) is 19.3 Å². The standard InChI is InChI=1S/C7H16FO6P.C7H17N/c1-11-2-3-12-4-5-13-6-7-14-15(8,9)10;1-4-7(8,5-2)6-3/h2-7H2,1H3,(H,9,10);4-6,8H2,1-3H3. The molecule has 0 saturated heterocycles. The van der Waals surface area contributed by atoms with Crippen molar-refractivity contribution in [3.05, 3.63) is 0 Å². The van der Waals surface area contributed by atoms with E-state index in [1.54, 1.807) is 7.11 Å². The molecule has 142 valence electrons. The van der Waals surface area contributed by atoms with E-state index in [4.69, 9.17) is 24.8 Å². The first-order valence-corrected chi connectivity index (χ1v) is 9.31. The maximum absolute atomic E-state index is 11.9. The highest BCUT2D eigenvalue weighted by molar-refractivity contribution is 7.46. The molecule has 9 heteroatoms. The minimum atomic E-state index is -4.86. The molecule has 0 aromatic rings. The summed E-state index contributed by atoms with van der Waals surface area (Å²) < 4.78 is 40.5. The van der Waals surface area contributed by atoms with Gasteiger partial charge in [0.25, 0.3) is 0 Å². The van der Waals surface area contributed by atoms with Crippen LogP contribution in [0.15, 0.2) is 0 Å². The number of hydrogen-bond acceptors (Lipinski definition) is 6. The van der Waals surface area contributed by atoms with E-state index in [0.29, 0.717) is 26.4 Å². The quantitative estimate of drug-likeness (QED) is 0.384. The topological polar surface area (TPSA) is 100 Å². The van der Waals surface area contributed by atoms with Crippen LogP contribution in [0, 0.1) is 0 Å². The molecule has 7 nitrogen and oxygen atoms in total. The van der Waals surface area contributed by atoms with Gasteiger partial charge in [0, 0.05) is 12.6 Å². The Bertz CT molecular complexity index is 291. The van der Waals surface area contributed by atoms with Crippen molar-refractivity contribution in [2.24, 2.45) is 5.73 Å². The molecular weight excluding hydrogens is 328 g/mol. The molecule has 0 heterocycles. The van der Waals surface area contributed by atoms with Gasteiger partial charge < -0.3 is 19.9 Å². The summed E-state index contributed by atoms with van der Waals surface area (Å²) in [5, 5.41) is 0. The lowest BCUT2D eigenvalue weighted by molar-refractivity contribution is 0.0163. The summed E-state index contributed by atoms with van der Waals surface area (Å²) in [6.45, 7) is 7.91. The molecule has 0 aliphatic carbocycles. The van der Waals surface area contributed by atoms with Gasteiger partial charge in [-0.15, -0.1) is 4.20 Å². The maximum atomic E-state index is 11.9. The Morgan fingerprint density at radius 2 is 1.35 bits per heavy atom. The van der Waals surface area contributed by atoms with E-state index in [2.05, 4.69) is 25.3 Å². The predicted molar refractivity (Wildman–Crippen MR) is 88.2 cm³/mol. The molecular formula is C14H33FNO6P. The van der Waals surface area contributed by atoms with Gasteiger partial charge in [0.1, 0.15) is 0 Å². The average Bonchev–Trinajstić information content (AvgIpc) is 2.52. The van der Waals surface area contributed by atoms with Gasteiger partial charge in [0.05, 0.1) is 39.6 Å². The molecule has 0 rings (SSSR count). The Labute approximate surface area is 139 Å². The molecule has 0 amide bonds. The smallest absolute Gasteiger partial charge is 0.382 e. The number of nitrogens with two attached hydrogens (primary N) is 1. The fourth-order valence-corrected chi connectivity index (χ4v) is 1.72. The average molecular weight is 361 g/mol. The fourth-order valence-electron chi connectivity index (χ4n) is 1.42. The second-order valence-electron chi connectivity index (χ2n) is 4.93. The highest BCUT2D eigenvalue weighted by Crippen LogP contribution is 2.42. The summed E-state index contributed by atoms with van der Waals surface area (Å²) >= 11 is 0. The largest absolute Gasteiger partial charge is 0.510 e. The third kappa shape index (κ3) is 19.9. The van der Waals surface area contributed by atoms with Gasteiger partial charge in [-0.1, -0.05) is 20.8 Å². The lowest BCUT2D eigenvalue weighted by Gasteiger charge is -2.23. The molecule has 0 aromatic carbocycles. The van der Waals surface area contributed by atoms with Crippen LogP contribution >= 0.6 is 7.91 Å². The zero-order valence-corrected chi connectivity index (χ0v) is 15.6. The van der Waals surface area contributed by atoms with Gasteiger partial charge in [-0.25, -0.2) is 4.57 Å². The number of methoxy groups -OCH3 is 1. The Hall–Kier alpha value is -0.0800. The van der Waals surface area contributed by atoms with Crippen molar-refractivity contribution in [1.82, 2.24) is 0 Å². The first-order chi connectivity index (χ1) is 10.7. The Balaban J connectivity index is 0. The lowest BCUT2D eigenvalue weighted by atomic mass is 9.92. The van der Waals surface area contributed by atoms with Crippen molar-refractivity contribution in [3.63, 3.8) is 0 Å². The number of halogens is 1. The molecule has 0 aliphatic rings. The Morgan fingerprint density at radius 1 is 0.957 bits per heavy atom. The van der Waals surface area contributed by atoms with Gasteiger partial charge >= 0.3 is 7.91 Å². The molecule has 0 saturated carbocycles. The minimum absolute atomic E-state index is 0.0438. The van der Waals surface area contributed by atoms with Crippen LogP contribution in [-0.4, -0.2) is 57.2 Å². The zero-order valence-electron chi connectivity index (χ0n) is 14.8.